The first-order valence-electron chi connectivity index (χ1n) is 8.55. The smallest absolute Gasteiger partial charge is 0.327 e. The van der Waals surface area contributed by atoms with Crippen LogP contribution in [0.3, 0.4) is 0 Å². The van der Waals surface area contributed by atoms with Crippen LogP contribution in [0.15, 0.2) is 60.7 Å². The molecule has 2 N–H and O–H groups in total. The lowest BCUT2D eigenvalue weighted by Gasteiger charge is -2.19. The van der Waals surface area contributed by atoms with Crippen LogP contribution in [0.2, 0.25) is 0 Å². The molecule has 2 aromatic rings. The molecule has 24 heavy (non-hydrogen) atoms. The van der Waals surface area contributed by atoms with Gasteiger partial charge in [-0.1, -0.05) is 80.4 Å². The van der Waals surface area contributed by atoms with Gasteiger partial charge in [0.25, 0.3) is 0 Å². The standard InChI is InChI=1S/C20H27O3P/c1-17(15-18-10-4-2-5-11-18)9-8-14-20(16-23-24(21)22)19-12-6-3-7-13-19/h2-7,10-13,17,20-22H,8-9,14-16H2,1H3. The van der Waals surface area contributed by atoms with E-state index in [-0.39, 0.29) is 5.92 Å². The summed E-state index contributed by atoms with van der Waals surface area (Å²) in [6, 6.07) is 20.8. The van der Waals surface area contributed by atoms with Gasteiger partial charge in [-0.25, -0.2) is 0 Å². The molecular formula is C20H27O3P. The lowest BCUT2D eigenvalue weighted by Crippen LogP contribution is -2.08. The van der Waals surface area contributed by atoms with Gasteiger partial charge >= 0.3 is 8.60 Å². The van der Waals surface area contributed by atoms with E-state index < -0.39 is 8.60 Å². The summed E-state index contributed by atoms with van der Waals surface area (Å²) in [5.41, 5.74) is 2.59. The first-order chi connectivity index (χ1) is 11.6. The van der Waals surface area contributed by atoms with Gasteiger partial charge in [-0.3, -0.25) is 0 Å². The van der Waals surface area contributed by atoms with Crippen LogP contribution in [0.4, 0.5) is 0 Å². The molecule has 0 aliphatic rings. The van der Waals surface area contributed by atoms with Crippen LogP contribution in [-0.2, 0) is 10.9 Å². The molecule has 0 spiro atoms. The predicted molar refractivity (Wildman–Crippen MR) is 99.7 cm³/mol. The molecule has 0 saturated carbocycles. The highest BCUT2D eigenvalue weighted by Crippen LogP contribution is 2.31. The van der Waals surface area contributed by atoms with Crippen molar-refractivity contribution < 1.29 is 14.3 Å². The van der Waals surface area contributed by atoms with Crippen molar-refractivity contribution in [2.45, 2.75) is 38.5 Å². The van der Waals surface area contributed by atoms with Gasteiger partial charge in [-0.15, -0.1) is 0 Å². The highest BCUT2D eigenvalue weighted by atomic mass is 31.2. The Hall–Kier alpha value is -1.25. The molecule has 0 aliphatic carbocycles. The molecular weight excluding hydrogens is 319 g/mol. The SMILES string of the molecule is CC(CCCC(COP(O)O)c1ccccc1)Cc1ccccc1. The minimum absolute atomic E-state index is 0.208. The Morgan fingerprint density at radius 1 is 0.917 bits per heavy atom. The van der Waals surface area contributed by atoms with Crippen molar-refractivity contribution in [3.63, 3.8) is 0 Å². The summed E-state index contributed by atoms with van der Waals surface area (Å²) in [5.74, 6) is 0.844. The average molecular weight is 346 g/mol. The number of hydrogen-bond donors (Lipinski definition) is 2. The van der Waals surface area contributed by atoms with Crippen molar-refractivity contribution in [1.29, 1.82) is 0 Å². The van der Waals surface area contributed by atoms with E-state index >= 15 is 0 Å². The van der Waals surface area contributed by atoms with Gasteiger partial charge in [0.15, 0.2) is 0 Å². The fourth-order valence-electron chi connectivity index (χ4n) is 3.06. The highest BCUT2D eigenvalue weighted by molar-refractivity contribution is 7.39. The van der Waals surface area contributed by atoms with E-state index in [9.17, 15) is 0 Å². The zero-order valence-corrected chi connectivity index (χ0v) is 15.1. The average Bonchev–Trinajstić information content (AvgIpc) is 2.59. The molecule has 4 heteroatoms. The third-order valence-electron chi connectivity index (χ3n) is 4.34. The molecule has 2 atom stereocenters. The molecule has 0 radical (unpaired) electrons. The zero-order valence-electron chi connectivity index (χ0n) is 14.2. The van der Waals surface area contributed by atoms with Crippen LogP contribution in [0.1, 0.15) is 43.2 Å². The maximum atomic E-state index is 9.02. The normalized spacial score (nSPS) is 13.8. The van der Waals surface area contributed by atoms with Crippen LogP contribution in [0.5, 0.6) is 0 Å². The van der Waals surface area contributed by atoms with Gasteiger partial charge < -0.3 is 14.3 Å². The summed E-state index contributed by atoms with van der Waals surface area (Å²) in [4.78, 5) is 18.0. The second-order valence-electron chi connectivity index (χ2n) is 6.38. The minimum atomic E-state index is -2.28. The molecule has 2 unspecified atom stereocenters. The molecule has 0 saturated heterocycles. The second kappa shape index (κ2) is 10.6. The van der Waals surface area contributed by atoms with Crippen LogP contribution in [0, 0.1) is 5.92 Å². The van der Waals surface area contributed by atoms with Gasteiger partial charge in [0, 0.05) is 5.92 Å². The monoisotopic (exact) mass is 346 g/mol. The van der Waals surface area contributed by atoms with E-state index in [1.54, 1.807) is 0 Å². The molecule has 0 amide bonds. The Bertz CT molecular complexity index is 560. The molecule has 3 nitrogen and oxygen atoms in total. The number of hydrogen-bond acceptors (Lipinski definition) is 3. The highest BCUT2D eigenvalue weighted by Gasteiger charge is 2.14. The van der Waals surface area contributed by atoms with E-state index in [1.165, 1.54) is 11.1 Å². The minimum Gasteiger partial charge on any atom is -0.328 e. The molecule has 0 bridgehead atoms. The molecule has 2 rings (SSSR count). The molecule has 0 fully saturated rings. The maximum absolute atomic E-state index is 9.02. The topological polar surface area (TPSA) is 49.7 Å². The van der Waals surface area contributed by atoms with Crippen molar-refractivity contribution in [3.05, 3.63) is 71.8 Å². The van der Waals surface area contributed by atoms with Crippen molar-refractivity contribution in [2.75, 3.05) is 6.61 Å². The Balaban J connectivity index is 1.81. The largest absolute Gasteiger partial charge is 0.328 e. The summed E-state index contributed by atoms with van der Waals surface area (Å²) >= 11 is 0. The molecule has 0 aliphatic heterocycles. The summed E-state index contributed by atoms with van der Waals surface area (Å²) in [7, 11) is -2.28. The van der Waals surface area contributed by atoms with Crippen LogP contribution >= 0.6 is 8.60 Å². The molecule has 130 valence electrons. The second-order valence-corrected chi connectivity index (χ2v) is 7.15. The molecule has 0 heterocycles. The summed E-state index contributed by atoms with van der Waals surface area (Å²) < 4.78 is 5.09. The Morgan fingerprint density at radius 3 is 2.17 bits per heavy atom. The first-order valence-corrected chi connectivity index (χ1v) is 9.71. The Labute approximate surface area is 146 Å². The number of rotatable bonds is 10. The Morgan fingerprint density at radius 2 is 1.54 bits per heavy atom. The van der Waals surface area contributed by atoms with Gasteiger partial charge in [0.1, 0.15) is 0 Å². The molecule has 2 aromatic carbocycles. The van der Waals surface area contributed by atoms with Crippen LogP contribution < -0.4 is 0 Å². The van der Waals surface area contributed by atoms with Crippen LogP contribution in [-0.4, -0.2) is 16.4 Å². The van der Waals surface area contributed by atoms with Crippen molar-refractivity contribution in [2.24, 2.45) is 5.92 Å². The quantitative estimate of drug-likeness (QED) is 0.592. The molecule has 0 aromatic heterocycles. The number of benzene rings is 2. The van der Waals surface area contributed by atoms with E-state index in [4.69, 9.17) is 14.3 Å². The lowest BCUT2D eigenvalue weighted by molar-refractivity contribution is 0.231. The predicted octanol–water partition coefficient (Wildman–Crippen LogP) is 5.05. The summed E-state index contributed by atoms with van der Waals surface area (Å²) in [6.07, 6.45) is 4.36. The van der Waals surface area contributed by atoms with Crippen molar-refractivity contribution in [1.82, 2.24) is 0 Å². The van der Waals surface area contributed by atoms with E-state index in [2.05, 4.69) is 49.4 Å². The fourth-order valence-corrected chi connectivity index (χ4v) is 3.37. The lowest BCUT2D eigenvalue weighted by atomic mass is 9.90. The first kappa shape index (κ1) is 19.1. The van der Waals surface area contributed by atoms with E-state index in [1.807, 2.05) is 18.2 Å². The summed E-state index contributed by atoms with van der Waals surface area (Å²) in [6.45, 7) is 2.65. The third-order valence-corrected chi connectivity index (χ3v) is 4.72. The van der Waals surface area contributed by atoms with Crippen molar-refractivity contribution in [3.8, 4) is 0 Å². The summed E-state index contributed by atoms with van der Waals surface area (Å²) in [5, 5.41) is 0. The van der Waals surface area contributed by atoms with E-state index in [0.717, 1.165) is 25.7 Å². The van der Waals surface area contributed by atoms with Gasteiger partial charge in [0.2, 0.25) is 0 Å². The van der Waals surface area contributed by atoms with Gasteiger partial charge in [-0.2, -0.15) is 0 Å². The maximum Gasteiger partial charge on any atom is 0.327 e. The van der Waals surface area contributed by atoms with Crippen molar-refractivity contribution >= 4 is 8.60 Å². The van der Waals surface area contributed by atoms with Gasteiger partial charge in [-0.05, 0) is 29.9 Å². The Kier molecular flexibility index (Phi) is 8.41. The fraction of sp³-hybridized carbons (Fsp3) is 0.400. The van der Waals surface area contributed by atoms with Crippen LogP contribution in [0.25, 0.3) is 0 Å². The van der Waals surface area contributed by atoms with Gasteiger partial charge in [0.05, 0.1) is 6.61 Å². The zero-order chi connectivity index (χ0) is 17.2. The third kappa shape index (κ3) is 7.11. The van der Waals surface area contributed by atoms with E-state index in [0.29, 0.717) is 12.5 Å².